The molecule has 0 heterocycles. The second-order valence-corrected chi connectivity index (χ2v) is 6.90. The lowest BCUT2D eigenvalue weighted by Crippen LogP contribution is -2.33. The van der Waals surface area contributed by atoms with Crippen LogP contribution in [-0.4, -0.2) is 18.5 Å². The molecule has 0 saturated heterocycles. The lowest BCUT2D eigenvalue weighted by Gasteiger charge is -2.18. The molecule has 1 aliphatic carbocycles. The van der Waals surface area contributed by atoms with Gasteiger partial charge in [0.25, 0.3) is 0 Å². The largest absolute Gasteiger partial charge is 0.314 e. The van der Waals surface area contributed by atoms with Crippen molar-refractivity contribution < 1.29 is 0 Å². The Hall–Kier alpha value is 0.250. The lowest BCUT2D eigenvalue weighted by molar-refractivity contribution is 0.421. The molecule has 0 bridgehead atoms. The number of hydrogen-bond acceptors (Lipinski definition) is 1. The minimum Gasteiger partial charge on any atom is -0.314 e. The van der Waals surface area contributed by atoms with Gasteiger partial charge in [-0.2, -0.15) is 0 Å². The van der Waals surface area contributed by atoms with Crippen molar-refractivity contribution in [2.24, 2.45) is 5.92 Å². The molecule has 20 heavy (non-hydrogen) atoms. The van der Waals surface area contributed by atoms with Crippen molar-refractivity contribution in [3.8, 4) is 0 Å². The quantitative estimate of drug-likeness (QED) is 0.330. The van der Waals surface area contributed by atoms with Gasteiger partial charge in [0.15, 0.2) is 0 Å². The van der Waals surface area contributed by atoms with Gasteiger partial charge in [-0.1, -0.05) is 71.1 Å². The topological polar surface area (TPSA) is 12.0 Å². The van der Waals surface area contributed by atoms with Crippen molar-refractivity contribution in [1.82, 2.24) is 5.32 Å². The van der Waals surface area contributed by atoms with Gasteiger partial charge < -0.3 is 5.32 Å². The average molecular weight is 302 g/mol. The number of alkyl halides is 1. The number of nitrogens with one attached hydrogen (secondary N) is 1. The second-order valence-electron chi connectivity index (χ2n) is 6.59. The zero-order chi connectivity index (χ0) is 14.5. The summed E-state index contributed by atoms with van der Waals surface area (Å²) in [6.07, 6.45) is 18.3. The number of rotatable bonds is 13. The molecular weight excluding hydrogens is 266 g/mol. The molecule has 2 unspecified atom stereocenters. The van der Waals surface area contributed by atoms with E-state index in [9.17, 15) is 0 Å². The highest BCUT2D eigenvalue weighted by Crippen LogP contribution is 2.26. The summed E-state index contributed by atoms with van der Waals surface area (Å²) in [5, 5.41) is 3.72. The predicted molar refractivity (Wildman–Crippen MR) is 91.7 cm³/mol. The molecule has 1 aliphatic rings. The minimum absolute atomic E-state index is 0.714. The molecule has 1 rings (SSSR count). The van der Waals surface area contributed by atoms with Crippen LogP contribution in [0.2, 0.25) is 0 Å². The van der Waals surface area contributed by atoms with Crippen LogP contribution in [0.25, 0.3) is 0 Å². The van der Waals surface area contributed by atoms with Crippen LogP contribution in [0, 0.1) is 5.92 Å². The van der Waals surface area contributed by atoms with Gasteiger partial charge in [-0.25, -0.2) is 0 Å². The Morgan fingerprint density at radius 1 is 0.850 bits per heavy atom. The zero-order valence-corrected chi connectivity index (χ0v) is 14.4. The van der Waals surface area contributed by atoms with E-state index >= 15 is 0 Å². The summed E-state index contributed by atoms with van der Waals surface area (Å²) in [5.74, 6) is 1.58. The van der Waals surface area contributed by atoms with Gasteiger partial charge >= 0.3 is 0 Å². The molecule has 1 fully saturated rings. The van der Waals surface area contributed by atoms with Crippen LogP contribution >= 0.6 is 11.6 Å². The normalized spacial score (nSPS) is 22.5. The Morgan fingerprint density at radius 2 is 1.45 bits per heavy atom. The molecule has 0 aromatic carbocycles. The highest BCUT2D eigenvalue weighted by molar-refractivity contribution is 6.18. The fourth-order valence-electron chi connectivity index (χ4n) is 3.39. The van der Waals surface area contributed by atoms with Crippen LogP contribution in [0.3, 0.4) is 0 Å². The van der Waals surface area contributed by atoms with Crippen molar-refractivity contribution in [3.05, 3.63) is 0 Å². The van der Waals surface area contributed by atoms with Crippen LogP contribution in [0.1, 0.15) is 90.4 Å². The molecule has 1 N–H and O–H groups in total. The molecular formula is C18H36ClN. The third kappa shape index (κ3) is 8.52. The van der Waals surface area contributed by atoms with Crippen LogP contribution in [-0.2, 0) is 0 Å². The standard InChI is InChI=1S/C18H36ClN/c1-2-3-4-5-6-7-8-9-10-11-15-20-18-14-12-13-17(18)16-19/h17-18,20H,2-16H2,1H3. The first-order valence-electron chi connectivity index (χ1n) is 9.17. The van der Waals surface area contributed by atoms with Crippen LogP contribution in [0.15, 0.2) is 0 Å². The monoisotopic (exact) mass is 301 g/mol. The van der Waals surface area contributed by atoms with Gasteiger partial charge in [-0.3, -0.25) is 0 Å². The summed E-state index contributed by atoms with van der Waals surface area (Å²) in [6.45, 7) is 3.49. The summed E-state index contributed by atoms with van der Waals surface area (Å²) >= 11 is 6.01. The Labute approximate surface area is 132 Å². The first-order valence-corrected chi connectivity index (χ1v) is 9.71. The first-order chi connectivity index (χ1) is 9.88. The van der Waals surface area contributed by atoms with Crippen LogP contribution in [0.5, 0.6) is 0 Å². The maximum atomic E-state index is 6.01. The van der Waals surface area contributed by atoms with Gasteiger partial charge in [0.05, 0.1) is 0 Å². The molecule has 2 heteroatoms. The maximum absolute atomic E-state index is 6.01. The van der Waals surface area contributed by atoms with Gasteiger partial charge in [-0.05, 0) is 31.7 Å². The van der Waals surface area contributed by atoms with Gasteiger partial charge in [-0.15, -0.1) is 11.6 Å². The van der Waals surface area contributed by atoms with Gasteiger partial charge in [0.2, 0.25) is 0 Å². The molecule has 0 aromatic heterocycles. The summed E-state index contributed by atoms with van der Waals surface area (Å²) in [5.41, 5.74) is 0. The molecule has 0 aliphatic heterocycles. The maximum Gasteiger partial charge on any atom is 0.0266 e. The summed E-state index contributed by atoms with van der Waals surface area (Å²) in [4.78, 5) is 0. The smallest absolute Gasteiger partial charge is 0.0266 e. The van der Waals surface area contributed by atoms with Crippen molar-refractivity contribution in [2.75, 3.05) is 12.4 Å². The van der Waals surface area contributed by atoms with E-state index in [-0.39, 0.29) is 0 Å². The van der Waals surface area contributed by atoms with E-state index in [2.05, 4.69) is 12.2 Å². The zero-order valence-electron chi connectivity index (χ0n) is 13.6. The Morgan fingerprint density at radius 3 is 2.05 bits per heavy atom. The molecule has 1 nitrogen and oxygen atoms in total. The van der Waals surface area contributed by atoms with E-state index in [1.165, 1.54) is 90.0 Å². The van der Waals surface area contributed by atoms with E-state index < -0.39 is 0 Å². The highest BCUT2D eigenvalue weighted by atomic mass is 35.5. The third-order valence-electron chi connectivity index (χ3n) is 4.79. The summed E-state index contributed by atoms with van der Waals surface area (Å²) in [6, 6.07) is 0.714. The Balaban J connectivity index is 1.78. The van der Waals surface area contributed by atoms with E-state index in [0.717, 1.165) is 11.8 Å². The number of unbranched alkanes of at least 4 members (excludes halogenated alkanes) is 9. The van der Waals surface area contributed by atoms with Crippen molar-refractivity contribution in [2.45, 2.75) is 96.4 Å². The van der Waals surface area contributed by atoms with Gasteiger partial charge in [0.1, 0.15) is 0 Å². The number of halogens is 1. The molecule has 120 valence electrons. The number of hydrogen-bond donors (Lipinski definition) is 1. The second kappa shape index (κ2) is 13.0. The summed E-state index contributed by atoms with van der Waals surface area (Å²) in [7, 11) is 0. The Kier molecular flexibility index (Phi) is 11.8. The molecule has 0 radical (unpaired) electrons. The fourth-order valence-corrected chi connectivity index (χ4v) is 3.76. The van der Waals surface area contributed by atoms with E-state index in [4.69, 9.17) is 11.6 Å². The van der Waals surface area contributed by atoms with Crippen LogP contribution in [0.4, 0.5) is 0 Å². The fraction of sp³-hybridized carbons (Fsp3) is 1.00. The van der Waals surface area contributed by atoms with Crippen molar-refractivity contribution in [1.29, 1.82) is 0 Å². The molecule has 1 saturated carbocycles. The van der Waals surface area contributed by atoms with E-state index in [1.54, 1.807) is 0 Å². The third-order valence-corrected chi connectivity index (χ3v) is 5.19. The average Bonchev–Trinajstić information content (AvgIpc) is 2.92. The summed E-state index contributed by atoms with van der Waals surface area (Å²) < 4.78 is 0. The van der Waals surface area contributed by atoms with Crippen molar-refractivity contribution in [3.63, 3.8) is 0 Å². The predicted octanol–water partition coefficient (Wildman–Crippen LogP) is 5.90. The minimum atomic E-state index is 0.714. The highest BCUT2D eigenvalue weighted by Gasteiger charge is 2.25. The first kappa shape index (κ1) is 18.3. The van der Waals surface area contributed by atoms with E-state index in [0.29, 0.717) is 6.04 Å². The Bertz CT molecular complexity index is 208. The SMILES string of the molecule is CCCCCCCCCCCCNC1CCCC1CCl. The molecule has 0 amide bonds. The van der Waals surface area contributed by atoms with Gasteiger partial charge in [0, 0.05) is 11.9 Å². The molecule has 0 spiro atoms. The lowest BCUT2D eigenvalue weighted by atomic mass is 10.1. The van der Waals surface area contributed by atoms with E-state index in [1.807, 2.05) is 0 Å². The van der Waals surface area contributed by atoms with Crippen LogP contribution < -0.4 is 5.32 Å². The molecule has 0 aromatic rings. The van der Waals surface area contributed by atoms with Crippen molar-refractivity contribution >= 4 is 11.6 Å². The molecule has 2 atom stereocenters.